The molecule has 0 unspecified atom stereocenters. The Morgan fingerprint density at radius 2 is 1.95 bits per heavy atom. The molecule has 0 aliphatic heterocycles. The van der Waals surface area contributed by atoms with Crippen LogP contribution in [0.25, 0.3) is 33.6 Å². The van der Waals surface area contributed by atoms with Gasteiger partial charge in [-0.3, -0.25) is 14.9 Å². The van der Waals surface area contributed by atoms with Gasteiger partial charge in [0, 0.05) is 43.5 Å². The van der Waals surface area contributed by atoms with Crippen LogP contribution in [0.2, 0.25) is 0 Å². The second kappa shape index (κ2) is 10.1. The van der Waals surface area contributed by atoms with Gasteiger partial charge in [-0.1, -0.05) is 0 Å². The highest BCUT2D eigenvalue weighted by Crippen LogP contribution is 2.34. The van der Waals surface area contributed by atoms with E-state index in [0.29, 0.717) is 75.4 Å². The minimum atomic E-state index is -0.462. The summed E-state index contributed by atoms with van der Waals surface area (Å²) in [6.07, 6.45) is 1.41. The predicted octanol–water partition coefficient (Wildman–Crippen LogP) is 4.55. The standard InChI is InChI=1S/C23H20Cl2N8O4/c1-31-12-14(33(35)36)11-19(31)22-26-15-3-2-13(10-18(15)27-22)23(34)28-17-5-4-16-20(30-37-29-16)21(17)32(8-6-24)9-7-25/h2-5,10-12H,6-9H2,1H3,(H,26,27)(H,28,34). The van der Waals surface area contributed by atoms with Crippen molar-refractivity contribution in [3.05, 3.63) is 58.3 Å². The molecule has 2 N–H and O–H groups in total. The van der Waals surface area contributed by atoms with Gasteiger partial charge < -0.3 is 19.8 Å². The van der Waals surface area contributed by atoms with Crippen molar-refractivity contribution in [1.82, 2.24) is 24.8 Å². The molecule has 0 radical (unpaired) electrons. The molecule has 3 heterocycles. The Bertz CT molecular complexity index is 1620. The molecule has 0 aliphatic rings. The van der Waals surface area contributed by atoms with Crippen molar-refractivity contribution in [2.24, 2.45) is 7.05 Å². The van der Waals surface area contributed by atoms with Crippen LogP contribution in [0.15, 0.2) is 47.2 Å². The second-order valence-electron chi connectivity index (χ2n) is 8.18. The number of aromatic nitrogens is 5. The van der Waals surface area contributed by atoms with Gasteiger partial charge in [0.25, 0.3) is 11.6 Å². The van der Waals surface area contributed by atoms with Crippen molar-refractivity contribution in [2.45, 2.75) is 0 Å². The number of nitro groups is 1. The number of fused-ring (bicyclic) bond motifs is 2. The van der Waals surface area contributed by atoms with Gasteiger partial charge in [-0.15, -0.1) is 23.2 Å². The molecule has 12 nitrogen and oxygen atoms in total. The highest BCUT2D eigenvalue weighted by molar-refractivity contribution is 6.19. The molecule has 3 aromatic heterocycles. The molecule has 37 heavy (non-hydrogen) atoms. The van der Waals surface area contributed by atoms with Crippen LogP contribution in [0, 0.1) is 10.1 Å². The fourth-order valence-electron chi connectivity index (χ4n) is 4.14. The fourth-order valence-corrected chi connectivity index (χ4v) is 4.55. The van der Waals surface area contributed by atoms with Crippen molar-refractivity contribution >= 4 is 68.2 Å². The Morgan fingerprint density at radius 1 is 1.16 bits per heavy atom. The predicted molar refractivity (Wildman–Crippen MR) is 141 cm³/mol. The maximum absolute atomic E-state index is 13.3. The van der Waals surface area contributed by atoms with Crippen LogP contribution < -0.4 is 10.2 Å². The summed E-state index contributed by atoms with van der Waals surface area (Å²) in [6.45, 7) is 0.949. The van der Waals surface area contributed by atoms with Gasteiger partial charge >= 0.3 is 0 Å². The van der Waals surface area contributed by atoms with E-state index in [1.165, 1.54) is 12.3 Å². The number of carbonyl (C=O) groups is 1. The summed E-state index contributed by atoms with van der Waals surface area (Å²) in [5.41, 5.74) is 4.23. The summed E-state index contributed by atoms with van der Waals surface area (Å²) in [5, 5.41) is 22.0. The zero-order valence-electron chi connectivity index (χ0n) is 19.4. The van der Waals surface area contributed by atoms with Gasteiger partial charge in [0.1, 0.15) is 5.52 Å². The maximum atomic E-state index is 13.3. The van der Waals surface area contributed by atoms with Gasteiger partial charge in [-0.2, -0.15) is 0 Å². The summed E-state index contributed by atoms with van der Waals surface area (Å²) in [4.78, 5) is 33.6. The van der Waals surface area contributed by atoms with E-state index in [4.69, 9.17) is 27.8 Å². The number of anilines is 2. The minimum absolute atomic E-state index is 0.0366. The molecule has 14 heteroatoms. The number of aryl methyl sites for hydroxylation is 1. The number of alkyl halides is 2. The number of amides is 1. The Morgan fingerprint density at radius 3 is 2.65 bits per heavy atom. The molecule has 0 spiro atoms. The van der Waals surface area contributed by atoms with E-state index in [2.05, 4.69) is 25.6 Å². The molecule has 1 amide bonds. The topological polar surface area (TPSA) is 148 Å². The van der Waals surface area contributed by atoms with E-state index >= 15 is 0 Å². The number of rotatable bonds is 9. The summed E-state index contributed by atoms with van der Waals surface area (Å²) in [5.74, 6) is 0.768. The third-order valence-corrected chi connectivity index (χ3v) is 6.20. The summed E-state index contributed by atoms with van der Waals surface area (Å²) >= 11 is 12.0. The molecular weight excluding hydrogens is 523 g/mol. The number of imidazole rings is 1. The molecule has 0 saturated carbocycles. The second-order valence-corrected chi connectivity index (χ2v) is 8.94. The number of H-pyrrole nitrogens is 1. The molecule has 190 valence electrons. The lowest BCUT2D eigenvalue weighted by molar-refractivity contribution is -0.384. The number of nitrogens with one attached hydrogen (secondary N) is 2. The number of aromatic amines is 1. The first-order valence-electron chi connectivity index (χ1n) is 11.1. The molecule has 2 aromatic carbocycles. The highest BCUT2D eigenvalue weighted by atomic mass is 35.5. The molecule has 0 saturated heterocycles. The molecule has 0 bridgehead atoms. The van der Waals surface area contributed by atoms with E-state index in [-0.39, 0.29) is 11.6 Å². The zero-order chi connectivity index (χ0) is 26.1. The van der Waals surface area contributed by atoms with E-state index < -0.39 is 4.92 Å². The van der Waals surface area contributed by atoms with Crippen LogP contribution in [-0.2, 0) is 7.05 Å². The first kappa shape index (κ1) is 24.5. The van der Waals surface area contributed by atoms with Crippen LogP contribution in [0.3, 0.4) is 0 Å². The molecule has 0 fully saturated rings. The van der Waals surface area contributed by atoms with E-state index in [1.54, 1.807) is 41.9 Å². The van der Waals surface area contributed by atoms with Gasteiger partial charge in [-0.05, 0) is 40.6 Å². The van der Waals surface area contributed by atoms with E-state index in [9.17, 15) is 14.9 Å². The lowest BCUT2D eigenvalue weighted by Crippen LogP contribution is -2.29. The van der Waals surface area contributed by atoms with Gasteiger partial charge in [-0.25, -0.2) is 9.61 Å². The number of halogens is 2. The average molecular weight is 543 g/mol. The molecule has 0 aliphatic carbocycles. The third kappa shape index (κ3) is 4.68. The van der Waals surface area contributed by atoms with Crippen molar-refractivity contribution in [3.63, 3.8) is 0 Å². The first-order valence-corrected chi connectivity index (χ1v) is 12.2. The van der Waals surface area contributed by atoms with Crippen molar-refractivity contribution < 1.29 is 14.3 Å². The SMILES string of the molecule is Cn1cc([N+](=O)[O-])cc1-c1nc2cc(C(=O)Nc3ccc4nonc4c3N(CCCl)CCCl)ccc2[nH]1. The van der Waals surface area contributed by atoms with Crippen molar-refractivity contribution in [1.29, 1.82) is 0 Å². The summed E-state index contributed by atoms with van der Waals surface area (Å²) in [7, 11) is 1.70. The van der Waals surface area contributed by atoms with Gasteiger partial charge in [0.15, 0.2) is 11.3 Å². The van der Waals surface area contributed by atoms with Gasteiger partial charge in [0.05, 0.1) is 39.2 Å². The van der Waals surface area contributed by atoms with Crippen molar-refractivity contribution in [3.8, 4) is 11.5 Å². The third-order valence-electron chi connectivity index (χ3n) is 5.86. The number of hydrogen-bond donors (Lipinski definition) is 2. The minimum Gasteiger partial charge on any atom is -0.366 e. The quantitative estimate of drug-likeness (QED) is 0.156. The fraction of sp³-hybridized carbons (Fsp3) is 0.217. The first-order chi connectivity index (χ1) is 17.9. The van der Waals surface area contributed by atoms with Crippen molar-refractivity contribution in [2.75, 3.05) is 35.1 Å². The summed E-state index contributed by atoms with van der Waals surface area (Å²) < 4.78 is 6.53. The lowest BCUT2D eigenvalue weighted by Gasteiger charge is -2.25. The Hall–Kier alpha value is -4.16. The van der Waals surface area contributed by atoms with Crippen LogP contribution in [0.1, 0.15) is 10.4 Å². The largest absolute Gasteiger partial charge is 0.366 e. The van der Waals surface area contributed by atoms with E-state index in [0.717, 1.165) is 0 Å². The van der Waals surface area contributed by atoms with Crippen LogP contribution in [-0.4, -0.2) is 60.5 Å². The Labute approximate surface area is 219 Å². The van der Waals surface area contributed by atoms with Crippen LogP contribution in [0.5, 0.6) is 0 Å². The van der Waals surface area contributed by atoms with E-state index in [1.807, 2.05) is 4.90 Å². The molecule has 0 atom stereocenters. The Kier molecular flexibility index (Phi) is 6.68. The molecule has 5 rings (SSSR count). The summed E-state index contributed by atoms with van der Waals surface area (Å²) in [6, 6.07) is 9.91. The highest BCUT2D eigenvalue weighted by Gasteiger charge is 2.21. The normalized spacial score (nSPS) is 11.3. The number of carbonyl (C=O) groups excluding carboxylic acids is 1. The zero-order valence-corrected chi connectivity index (χ0v) is 21.0. The lowest BCUT2D eigenvalue weighted by atomic mass is 10.1. The average Bonchev–Trinajstić information content (AvgIpc) is 3.61. The Balaban J connectivity index is 1.47. The number of benzene rings is 2. The van der Waals surface area contributed by atoms with Crippen LogP contribution >= 0.6 is 23.2 Å². The maximum Gasteiger partial charge on any atom is 0.287 e. The number of nitrogens with zero attached hydrogens (tertiary/aromatic N) is 6. The van der Waals surface area contributed by atoms with Crippen LogP contribution in [0.4, 0.5) is 17.1 Å². The number of hydrogen-bond acceptors (Lipinski definition) is 8. The monoisotopic (exact) mass is 542 g/mol. The molecule has 5 aromatic rings. The molecular formula is C23H20Cl2N8O4. The smallest absolute Gasteiger partial charge is 0.287 e. The van der Waals surface area contributed by atoms with Gasteiger partial charge in [0.2, 0.25) is 0 Å².